The number of carbonyl (C=O) groups excluding carboxylic acids is 1. The van der Waals surface area contributed by atoms with Gasteiger partial charge in [0.25, 0.3) is 5.91 Å². The molecular formula is C12H16N2O2. The Morgan fingerprint density at radius 2 is 2.12 bits per heavy atom. The van der Waals surface area contributed by atoms with Gasteiger partial charge in [0.05, 0.1) is 13.2 Å². The number of nitrogens with zero attached hydrogens (tertiary/aromatic N) is 1. The van der Waals surface area contributed by atoms with E-state index in [-0.39, 0.29) is 11.9 Å². The zero-order valence-corrected chi connectivity index (χ0v) is 9.56. The van der Waals surface area contributed by atoms with Gasteiger partial charge < -0.3 is 5.32 Å². The molecule has 2 rings (SSSR count). The number of hydrogen-bond donors (Lipinski definition) is 1. The number of rotatable bonds is 2. The normalized spacial score (nSPS) is 19.0. The highest BCUT2D eigenvalue weighted by molar-refractivity contribution is 5.81. The van der Waals surface area contributed by atoms with E-state index in [0.29, 0.717) is 0 Å². The number of benzene rings is 1. The molecule has 4 nitrogen and oxygen atoms in total. The van der Waals surface area contributed by atoms with E-state index in [1.54, 1.807) is 7.05 Å². The van der Waals surface area contributed by atoms with E-state index >= 15 is 0 Å². The predicted octanol–water partition coefficient (Wildman–Crippen LogP) is 0.721. The van der Waals surface area contributed by atoms with Crippen LogP contribution in [0.1, 0.15) is 11.1 Å². The summed E-state index contributed by atoms with van der Waals surface area (Å²) in [5.74, 6) is -0.0306. The molecule has 0 aliphatic carbocycles. The van der Waals surface area contributed by atoms with Gasteiger partial charge in [-0.05, 0) is 17.5 Å². The third-order valence-electron chi connectivity index (χ3n) is 2.96. The minimum absolute atomic E-state index is 0.0306. The van der Waals surface area contributed by atoms with E-state index in [1.807, 2.05) is 12.1 Å². The molecule has 1 heterocycles. The Kier molecular flexibility index (Phi) is 3.22. The number of fused-ring (bicyclic) bond motifs is 1. The van der Waals surface area contributed by atoms with Crippen LogP contribution >= 0.6 is 0 Å². The van der Waals surface area contributed by atoms with Crippen molar-refractivity contribution in [3.8, 4) is 0 Å². The van der Waals surface area contributed by atoms with Crippen molar-refractivity contribution in [2.24, 2.45) is 0 Å². The van der Waals surface area contributed by atoms with Gasteiger partial charge in [-0.3, -0.25) is 9.63 Å². The summed E-state index contributed by atoms with van der Waals surface area (Å²) >= 11 is 0. The molecule has 86 valence electrons. The first kappa shape index (κ1) is 11.1. The van der Waals surface area contributed by atoms with Gasteiger partial charge >= 0.3 is 0 Å². The minimum Gasteiger partial charge on any atom is -0.301 e. The highest BCUT2D eigenvalue weighted by Gasteiger charge is 2.26. The van der Waals surface area contributed by atoms with Crippen molar-refractivity contribution in [1.82, 2.24) is 10.4 Å². The number of likely N-dealkylation sites (N-methyl/N-ethyl adjacent to an activating group) is 1. The van der Waals surface area contributed by atoms with Crippen LogP contribution in [0.15, 0.2) is 24.3 Å². The summed E-state index contributed by atoms with van der Waals surface area (Å²) in [5, 5.41) is 4.49. The van der Waals surface area contributed by atoms with Gasteiger partial charge in [-0.25, -0.2) is 5.06 Å². The van der Waals surface area contributed by atoms with Crippen molar-refractivity contribution >= 4 is 5.91 Å². The average molecular weight is 220 g/mol. The number of carbonyl (C=O) groups is 1. The molecule has 1 unspecified atom stereocenters. The van der Waals surface area contributed by atoms with Crippen LogP contribution < -0.4 is 5.32 Å². The first-order chi connectivity index (χ1) is 7.72. The maximum atomic E-state index is 11.9. The Bertz CT molecular complexity index is 392. The van der Waals surface area contributed by atoms with E-state index in [0.717, 1.165) is 13.0 Å². The van der Waals surface area contributed by atoms with Crippen LogP contribution in [0.2, 0.25) is 0 Å². The van der Waals surface area contributed by atoms with E-state index < -0.39 is 0 Å². The molecule has 0 saturated carbocycles. The Morgan fingerprint density at radius 3 is 2.81 bits per heavy atom. The van der Waals surface area contributed by atoms with Crippen molar-refractivity contribution in [2.75, 3.05) is 14.2 Å². The SMILES string of the molecule is CON(C)C(=O)C1Cc2ccccc2CN1. The van der Waals surface area contributed by atoms with Crippen LogP contribution in [0, 0.1) is 0 Å². The maximum Gasteiger partial charge on any atom is 0.263 e. The van der Waals surface area contributed by atoms with Crippen molar-refractivity contribution in [1.29, 1.82) is 0 Å². The van der Waals surface area contributed by atoms with Crippen LogP contribution in [0.5, 0.6) is 0 Å². The van der Waals surface area contributed by atoms with Crippen molar-refractivity contribution in [3.63, 3.8) is 0 Å². The Hall–Kier alpha value is -1.39. The zero-order valence-electron chi connectivity index (χ0n) is 9.56. The molecule has 1 atom stereocenters. The van der Waals surface area contributed by atoms with Gasteiger partial charge in [-0.1, -0.05) is 24.3 Å². The van der Waals surface area contributed by atoms with E-state index in [4.69, 9.17) is 4.84 Å². The van der Waals surface area contributed by atoms with Crippen molar-refractivity contribution < 1.29 is 9.63 Å². The smallest absolute Gasteiger partial charge is 0.263 e. The first-order valence-corrected chi connectivity index (χ1v) is 5.34. The van der Waals surface area contributed by atoms with Crippen molar-refractivity contribution in [2.45, 2.75) is 19.0 Å². The van der Waals surface area contributed by atoms with E-state index in [9.17, 15) is 4.79 Å². The Morgan fingerprint density at radius 1 is 1.44 bits per heavy atom. The summed E-state index contributed by atoms with van der Waals surface area (Å²) < 4.78 is 0. The molecular weight excluding hydrogens is 204 g/mol. The molecule has 1 aliphatic heterocycles. The maximum absolute atomic E-state index is 11.9. The molecule has 4 heteroatoms. The van der Waals surface area contributed by atoms with Gasteiger partial charge in [-0.2, -0.15) is 0 Å². The van der Waals surface area contributed by atoms with Gasteiger partial charge in [-0.15, -0.1) is 0 Å². The summed E-state index contributed by atoms with van der Waals surface area (Å²) in [6, 6.07) is 8.00. The molecule has 0 bridgehead atoms. The van der Waals surface area contributed by atoms with E-state index in [1.165, 1.54) is 23.3 Å². The monoisotopic (exact) mass is 220 g/mol. The highest BCUT2D eigenvalue weighted by atomic mass is 16.7. The number of nitrogens with one attached hydrogen (secondary N) is 1. The Balaban J connectivity index is 2.11. The molecule has 1 aliphatic rings. The fourth-order valence-corrected chi connectivity index (χ4v) is 1.94. The lowest BCUT2D eigenvalue weighted by atomic mass is 9.95. The van der Waals surface area contributed by atoms with Gasteiger partial charge in [0.15, 0.2) is 0 Å². The topological polar surface area (TPSA) is 41.6 Å². The fourth-order valence-electron chi connectivity index (χ4n) is 1.94. The molecule has 0 fully saturated rings. The quantitative estimate of drug-likeness (QED) is 0.747. The third kappa shape index (κ3) is 2.08. The number of hydrogen-bond acceptors (Lipinski definition) is 3. The largest absolute Gasteiger partial charge is 0.301 e. The number of hydroxylamine groups is 2. The summed E-state index contributed by atoms with van der Waals surface area (Å²) in [6.45, 7) is 0.740. The Labute approximate surface area is 95.2 Å². The lowest BCUT2D eigenvalue weighted by molar-refractivity contribution is -0.171. The average Bonchev–Trinajstić information content (AvgIpc) is 2.36. The molecule has 1 aromatic rings. The fraction of sp³-hybridized carbons (Fsp3) is 0.417. The molecule has 0 spiro atoms. The molecule has 0 radical (unpaired) electrons. The summed E-state index contributed by atoms with van der Waals surface area (Å²) in [4.78, 5) is 16.8. The highest BCUT2D eigenvalue weighted by Crippen LogP contribution is 2.17. The van der Waals surface area contributed by atoms with Crippen LogP contribution in [-0.2, 0) is 22.6 Å². The minimum atomic E-state index is -0.181. The second kappa shape index (κ2) is 4.63. The zero-order chi connectivity index (χ0) is 11.5. The molecule has 1 amide bonds. The molecule has 1 aromatic carbocycles. The van der Waals surface area contributed by atoms with Gasteiger partial charge in [0, 0.05) is 13.6 Å². The summed E-state index contributed by atoms with van der Waals surface area (Å²) in [7, 11) is 3.12. The van der Waals surface area contributed by atoms with Gasteiger partial charge in [0.1, 0.15) is 0 Å². The van der Waals surface area contributed by atoms with Gasteiger partial charge in [0.2, 0.25) is 0 Å². The number of amides is 1. The standard InChI is InChI=1S/C12H16N2O2/c1-14(16-2)12(15)11-7-9-5-3-4-6-10(9)8-13-11/h3-6,11,13H,7-8H2,1-2H3. The molecule has 0 aromatic heterocycles. The van der Waals surface area contributed by atoms with Crippen LogP contribution in [0.4, 0.5) is 0 Å². The van der Waals surface area contributed by atoms with Crippen LogP contribution in [-0.4, -0.2) is 31.2 Å². The summed E-state index contributed by atoms with van der Waals surface area (Å²) in [6.07, 6.45) is 0.725. The van der Waals surface area contributed by atoms with E-state index in [2.05, 4.69) is 17.4 Å². The molecule has 16 heavy (non-hydrogen) atoms. The lowest BCUT2D eigenvalue weighted by Gasteiger charge is -2.27. The third-order valence-corrected chi connectivity index (χ3v) is 2.96. The van der Waals surface area contributed by atoms with Crippen LogP contribution in [0.25, 0.3) is 0 Å². The first-order valence-electron chi connectivity index (χ1n) is 5.34. The second-order valence-electron chi connectivity index (χ2n) is 3.92. The predicted molar refractivity (Wildman–Crippen MR) is 60.6 cm³/mol. The van der Waals surface area contributed by atoms with Crippen molar-refractivity contribution in [3.05, 3.63) is 35.4 Å². The molecule has 0 saturated heterocycles. The summed E-state index contributed by atoms with van der Waals surface area (Å²) in [5.41, 5.74) is 2.51. The van der Waals surface area contributed by atoms with Crippen LogP contribution in [0.3, 0.4) is 0 Å². The lowest BCUT2D eigenvalue weighted by Crippen LogP contribution is -2.47. The molecule has 1 N–H and O–H groups in total. The second-order valence-corrected chi connectivity index (χ2v) is 3.92.